The van der Waals surface area contributed by atoms with Gasteiger partial charge in [-0.15, -0.1) is 0 Å². The smallest absolute Gasteiger partial charge is 0.235 e. The largest absolute Gasteiger partial charge is 0.402 e. The SMILES string of the molecule is CC[Si](CC)(CC)OC(C=O)c1ncn(-c2ncccn2)c1C. The highest BCUT2D eigenvalue weighted by molar-refractivity contribution is 6.73. The van der Waals surface area contributed by atoms with E-state index in [9.17, 15) is 4.79 Å². The molecule has 0 aromatic carbocycles. The summed E-state index contributed by atoms with van der Waals surface area (Å²) in [5.74, 6) is 0.540. The van der Waals surface area contributed by atoms with E-state index < -0.39 is 14.4 Å². The minimum absolute atomic E-state index is 0.540. The van der Waals surface area contributed by atoms with Crippen LogP contribution in [0.4, 0.5) is 0 Å². The Balaban J connectivity index is 2.33. The van der Waals surface area contributed by atoms with E-state index in [2.05, 4.69) is 35.7 Å². The van der Waals surface area contributed by atoms with E-state index in [1.165, 1.54) is 0 Å². The van der Waals surface area contributed by atoms with Gasteiger partial charge >= 0.3 is 0 Å². The second kappa shape index (κ2) is 7.61. The molecule has 2 aromatic rings. The Morgan fingerprint density at radius 3 is 2.30 bits per heavy atom. The van der Waals surface area contributed by atoms with Crippen LogP contribution in [0, 0.1) is 6.92 Å². The van der Waals surface area contributed by atoms with Crippen LogP contribution in [0.3, 0.4) is 0 Å². The zero-order valence-corrected chi connectivity index (χ0v) is 15.2. The fraction of sp³-hybridized carbons (Fsp3) is 0.500. The maximum absolute atomic E-state index is 11.6. The van der Waals surface area contributed by atoms with Crippen LogP contribution in [-0.4, -0.2) is 34.1 Å². The predicted molar refractivity (Wildman–Crippen MR) is 91.0 cm³/mol. The van der Waals surface area contributed by atoms with Crippen LogP contribution in [0.1, 0.15) is 38.3 Å². The van der Waals surface area contributed by atoms with Gasteiger partial charge in [0.2, 0.25) is 5.95 Å². The minimum atomic E-state index is -1.89. The van der Waals surface area contributed by atoms with E-state index in [0.29, 0.717) is 11.6 Å². The molecular formula is C16H24N4O2Si. The van der Waals surface area contributed by atoms with E-state index in [1.807, 2.05) is 6.92 Å². The van der Waals surface area contributed by atoms with Gasteiger partial charge in [0.15, 0.2) is 14.6 Å². The van der Waals surface area contributed by atoms with Gasteiger partial charge in [0.1, 0.15) is 12.4 Å². The standard InChI is InChI=1S/C16H24N4O2Si/c1-5-23(6-2,7-3)22-14(11-21)15-13(4)20(12-19-15)16-17-9-8-10-18-16/h8-12,14H,5-7H2,1-4H3. The van der Waals surface area contributed by atoms with Crippen molar-refractivity contribution in [3.05, 3.63) is 36.2 Å². The lowest BCUT2D eigenvalue weighted by molar-refractivity contribution is -0.114. The van der Waals surface area contributed by atoms with E-state index in [-0.39, 0.29) is 0 Å². The summed E-state index contributed by atoms with van der Waals surface area (Å²) >= 11 is 0. The molecule has 0 aliphatic heterocycles. The first kappa shape index (κ1) is 17.5. The van der Waals surface area contributed by atoms with E-state index in [1.54, 1.807) is 29.4 Å². The summed E-state index contributed by atoms with van der Waals surface area (Å²) in [4.78, 5) is 24.5. The average Bonchev–Trinajstić information content (AvgIpc) is 2.99. The molecule has 0 amide bonds. The molecule has 23 heavy (non-hydrogen) atoms. The maximum Gasteiger partial charge on any atom is 0.235 e. The third-order valence-corrected chi connectivity index (χ3v) is 9.13. The van der Waals surface area contributed by atoms with E-state index in [0.717, 1.165) is 30.1 Å². The van der Waals surface area contributed by atoms with Gasteiger partial charge in [-0.1, -0.05) is 20.8 Å². The van der Waals surface area contributed by atoms with Crippen LogP contribution >= 0.6 is 0 Å². The van der Waals surface area contributed by atoms with Gasteiger partial charge in [0, 0.05) is 18.1 Å². The Hall–Kier alpha value is -1.86. The molecule has 0 bridgehead atoms. The highest BCUT2D eigenvalue weighted by atomic mass is 28.4. The Labute approximate surface area is 138 Å². The average molecular weight is 332 g/mol. The van der Waals surface area contributed by atoms with Crippen LogP contribution in [0.15, 0.2) is 24.8 Å². The quantitative estimate of drug-likeness (QED) is 0.548. The number of aldehydes is 1. The number of hydrogen-bond donors (Lipinski definition) is 0. The molecule has 0 N–H and O–H groups in total. The minimum Gasteiger partial charge on any atom is -0.402 e. The molecule has 0 fully saturated rings. The molecule has 0 aliphatic rings. The monoisotopic (exact) mass is 332 g/mol. The first-order valence-electron chi connectivity index (χ1n) is 8.05. The first-order chi connectivity index (χ1) is 11.1. The van der Waals surface area contributed by atoms with Gasteiger partial charge in [0.25, 0.3) is 0 Å². The second-order valence-electron chi connectivity index (χ2n) is 5.55. The van der Waals surface area contributed by atoms with Crippen molar-refractivity contribution in [2.75, 3.05) is 0 Å². The van der Waals surface area contributed by atoms with Crippen molar-refractivity contribution in [1.29, 1.82) is 0 Å². The Bertz CT molecular complexity index is 633. The lowest BCUT2D eigenvalue weighted by Crippen LogP contribution is -2.37. The molecule has 2 heterocycles. The summed E-state index contributed by atoms with van der Waals surface area (Å²) in [6, 6.07) is 4.74. The van der Waals surface area contributed by atoms with Gasteiger partial charge in [0.05, 0.1) is 5.69 Å². The summed E-state index contributed by atoms with van der Waals surface area (Å²) < 4.78 is 8.09. The van der Waals surface area contributed by atoms with Gasteiger partial charge in [-0.05, 0) is 31.1 Å². The van der Waals surface area contributed by atoms with E-state index >= 15 is 0 Å². The highest BCUT2D eigenvalue weighted by Crippen LogP contribution is 2.29. The van der Waals surface area contributed by atoms with Crippen molar-refractivity contribution in [2.24, 2.45) is 0 Å². The lowest BCUT2D eigenvalue weighted by atomic mass is 10.2. The molecular weight excluding hydrogens is 308 g/mol. The summed E-state index contributed by atoms with van der Waals surface area (Å²) in [6.07, 6.45) is 5.24. The molecule has 2 rings (SSSR count). The van der Waals surface area contributed by atoms with Crippen LogP contribution < -0.4 is 0 Å². The van der Waals surface area contributed by atoms with Crippen LogP contribution in [0.2, 0.25) is 18.1 Å². The lowest BCUT2D eigenvalue weighted by Gasteiger charge is -2.30. The Morgan fingerprint density at radius 2 is 1.78 bits per heavy atom. The number of carbonyl (C=O) groups is 1. The molecule has 0 spiro atoms. The van der Waals surface area contributed by atoms with Gasteiger partial charge in [-0.3, -0.25) is 4.57 Å². The van der Waals surface area contributed by atoms with Crippen molar-refractivity contribution in [3.8, 4) is 5.95 Å². The third-order valence-electron chi connectivity index (χ3n) is 4.52. The van der Waals surface area contributed by atoms with Crippen molar-refractivity contribution in [3.63, 3.8) is 0 Å². The van der Waals surface area contributed by atoms with Crippen molar-refractivity contribution >= 4 is 14.6 Å². The predicted octanol–water partition coefficient (Wildman–Crippen LogP) is 3.23. The fourth-order valence-corrected chi connectivity index (χ4v) is 5.44. The molecule has 6 nitrogen and oxygen atoms in total. The first-order valence-corrected chi connectivity index (χ1v) is 10.6. The number of carbonyl (C=O) groups excluding carboxylic acids is 1. The molecule has 0 saturated carbocycles. The summed E-state index contributed by atoms with van der Waals surface area (Å²) in [5, 5.41) is 0. The molecule has 1 atom stereocenters. The van der Waals surface area contributed by atoms with Gasteiger partial charge in [-0.25, -0.2) is 15.0 Å². The number of rotatable bonds is 8. The topological polar surface area (TPSA) is 69.9 Å². The van der Waals surface area contributed by atoms with Crippen LogP contribution in [0.25, 0.3) is 5.95 Å². The van der Waals surface area contributed by atoms with Crippen molar-refractivity contribution in [1.82, 2.24) is 19.5 Å². The van der Waals surface area contributed by atoms with Gasteiger partial charge < -0.3 is 9.22 Å². The molecule has 0 aliphatic carbocycles. The van der Waals surface area contributed by atoms with Crippen molar-refractivity contribution in [2.45, 2.75) is 51.9 Å². The van der Waals surface area contributed by atoms with Crippen molar-refractivity contribution < 1.29 is 9.22 Å². The molecule has 2 aromatic heterocycles. The maximum atomic E-state index is 11.6. The Kier molecular flexibility index (Phi) is 5.78. The zero-order chi connectivity index (χ0) is 16.9. The molecule has 0 saturated heterocycles. The zero-order valence-electron chi connectivity index (χ0n) is 14.2. The highest BCUT2D eigenvalue weighted by Gasteiger charge is 2.34. The number of nitrogens with zero attached hydrogens (tertiary/aromatic N) is 4. The van der Waals surface area contributed by atoms with Crippen LogP contribution in [-0.2, 0) is 9.22 Å². The summed E-state index contributed by atoms with van der Waals surface area (Å²) in [5.41, 5.74) is 1.49. The number of hydrogen-bond acceptors (Lipinski definition) is 5. The normalized spacial score (nSPS) is 13.0. The van der Waals surface area contributed by atoms with Crippen LogP contribution in [0.5, 0.6) is 0 Å². The summed E-state index contributed by atoms with van der Waals surface area (Å²) in [6.45, 7) is 8.34. The molecule has 1 unspecified atom stereocenters. The van der Waals surface area contributed by atoms with E-state index in [4.69, 9.17) is 4.43 Å². The second-order valence-corrected chi connectivity index (χ2v) is 10.3. The summed E-state index contributed by atoms with van der Waals surface area (Å²) in [7, 11) is -1.89. The molecule has 124 valence electrons. The number of imidazole rings is 1. The van der Waals surface area contributed by atoms with Gasteiger partial charge in [-0.2, -0.15) is 0 Å². The Morgan fingerprint density at radius 1 is 1.17 bits per heavy atom. The molecule has 7 heteroatoms. The fourth-order valence-electron chi connectivity index (χ4n) is 2.74. The third kappa shape index (κ3) is 3.56. The molecule has 0 radical (unpaired) electrons. The number of aromatic nitrogens is 4.